The minimum Gasteiger partial charge on any atom is -0.368 e. The molecule has 0 spiro atoms. The number of hydrogen-bond acceptors (Lipinski definition) is 4. The van der Waals surface area contributed by atoms with Crippen LogP contribution in [0.3, 0.4) is 0 Å². The molecule has 0 radical (unpaired) electrons. The molecule has 2 fully saturated rings. The molecule has 2 aliphatic heterocycles. The first kappa shape index (κ1) is 20.4. The largest absolute Gasteiger partial charge is 0.368 e. The number of halogens is 2. The number of benzene rings is 1. The summed E-state index contributed by atoms with van der Waals surface area (Å²) in [6.45, 7) is 1.27. The van der Waals surface area contributed by atoms with Gasteiger partial charge in [-0.3, -0.25) is 9.59 Å². The fourth-order valence-electron chi connectivity index (χ4n) is 3.79. The van der Waals surface area contributed by atoms with Gasteiger partial charge in [-0.1, -0.05) is 53.6 Å². The summed E-state index contributed by atoms with van der Waals surface area (Å²) in [6, 6.07) is 5.00. The number of nitrogens with one attached hydrogen (secondary N) is 1. The second kappa shape index (κ2) is 8.88. The number of carbonyl (C=O) groups excluding carboxylic acids is 2. The molecule has 0 bridgehead atoms. The van der Waals surface area contributed by atoms with Gasteiger partial charge in [-0.25, -0.2) is 0 Å². The molecule has 3 aliphatic rings. The molecule has 0 unspecified atom stereocenters. The lowest BCUT2D eigenvalue weighted by Crippen LogP contribution is -2.53. The Bertz CT molecular complexity index is 829. The van der Waals surface area contributed by atoms with Crippen LogP contribution in [0.15, 0.2) is 42.5 Å². The van der Waals surface area contributed by atoms with Crippen molar-refractivity contribution in [1.82, 2.24) is 10.2 Å². The molecule has 29 heavy (non-hydrogen) atoms. The highest BCUT2D eigenvalue weighted by Gasteiger charge is 2.35. The molecule has 1 aromatic carbocycles. The van der Waals surface area contributed by atoms with E-state index in [-0.39, 0.29) is 36.7 Å². The van der Waals surface area contributed by atoms with Gasteiger partial charge in [0, 0.05) is 19.1 Å². The molecular weight excluding hydrogens is 415 g/mol. The monoisotopic (exact) mass is 436 g/mol. The quantitative estimate of drug-likeness (QED) is 0.790. The van der Waals surface area contributed by atoms with Gasteiger partial charge in [-0.2, -0.15) is 0 Å². The third-order valence-corrected chi connectivity index (χ3v) is 6.03. The number of rotatable bonds is 3. The van der Waals surface area contributed by atoms with Gasteiger partial charge in [-0.15, -0.1) is 0 Å². The fourth-order valence-corrected chi connectivity index (χ4v) is 4.34. The van der Waals surface area contributed by atoms with E-state index < -0.39 is 6.10 Å². The van der Waals surface area contributed by atoms with Crippen molar-refractivity contribution >= 4 is 35.0 Å². The van der Waals surface area contributed by atoms with Crippen LogP contribution in [-0.4, -0.2) is 60.8 Å². The maximum Gasteiger partial charge on any atom is 0.256 e. The lowest BCUT2D eigenvalue weighted by Gasteiger charge is -2.36. The lowest BCUT2D eigenvalue weighted by molar-refractivity contribution is -0.169. The van der Waals surface area contributed by atoms with Crippen LogP contribution in [0.4, 0.5) is 0 Å². The number of hydrogen-bond donors (Lipinski definition) is 1. The molecule has 0 saturated carbocycles. The maximum atomic E-state index is 12.8. The van der Waals surface area contributed by atoms with Crippen molar-refractivity contribution in [3.8, 4) is 0 Å². The summed E-state index contributed by atoms with van der Waals surface area (Å²) >= 11 is 12.3. The summed E-state index contributed by atoms with van der Waals surface area (Å²) in [5.74, 6) is -0.358. The number of allylic oxidation sites excluding steroid dienone is 2. The first-order valence-electron chi connectivity index (χ1n) is 9.68. The average Bonchev–Trinajstić information content (AvgIpc) is 2.73. The van der Waals surface area contributed by atoms with Gasteiger partial charge < -0.3 is 19.7 Å². The Morgan fingerprint density at radius 2 is 1.69 bits per heavy atom. The van der Waals surface area contributed by atoms with Crippen LogP contribution in [0.2, 0.25) is 10.0 Å². The number of likely N-dealkylation sites (tertiary alicyclic amines) is 1. The van der Waals surface area contributed by atoms with Crippen molar-refractivity contribution in [3.05, 3.63) is 58.1 Å². The highest BCUT2D eigenvalue weighted by Crippen LogP contribution is 2.27. The van der Waals surface area contributed by atoms with Crippen LogP contribution in [0.5, 0.6) is 0 Å². The normalized spacial score (nSPS) is 26.8. The molecule has 3 atom stereocenters. The van der Waals surface area contributed by atoms with Gasteiger partial charge in [0.1, 0.15) is 12.2 Å². The summed E-state index contributed by atoms with van der Waals surface area (Å²) < 4.78 is 11.6. The predicted molar refractivity (Wildman–Crippen MR) is 110 cm³/mol. The first-order valence-corrected chi connectivity index (χ1v) is 10.4. The SMILES string of the molecule is O=C(NC1CCN(C(=O)c2c(Cl)cccc2Cl)CC1)[C@@H]1CO[C@@H]2C=CC=C[C@H]2O1. The van der Waals surface area contributed by atoms with E-state index in [2.05, 4.69) is 5.32 Å². The standard InChI is InChI=1S/C21H22Cl2N2O4/c22-14-4-3-5-15(23)19(14)21(27)25-10-8-13(9-11-25)24-20(26)18-12-28-16-6-1-2-7-17(16)29-18/h1-7,13,16-18H,8-12H2,(H,24,26)/t16-,17-,18+/m1/s1. The van der Waals surface area contributed by atoms with Crippen molar-refractivity contribution in [1.29, 1.82) is 0 Å². The van der Waals surface area contributed by atoms with Crippen molar-refractivity contribution in [2.75, 3.05) is 19.7 Å². The molecule has 1 N–H and O–H groups in total. The number of carbonyl (C=O) groups is 2. The second-order valence-corrected chi connectivity index (χ2v) is 8.14. The molecule has 154 valence electrons. The van der Waals surface area contributed by atoms with Crippen LogP contribution in [-0.2, 0) is 14.3 Å². The van der Waals surface area contributed by atoms with Gasteiger partial charge >= 0.3 is 0 Å². The van der Waals surface area contributed by atoms with Gasteiger partial charge in [0.25, 0.3) is 11.8 Å². The molecule has 2 saturated heterocycles. The Labute approximate surface area is 179 Å². The lowest BCUT2D eigenvalue weighted by atomic mass is 10.0. The van der Waals surface area contributed by atoms with Crippen LogP contribution in [0, 0.1) is 0 Å². The van der Waals surface area contributed by atoms with Crippen molar-refractivity contribution in [2.24, 2.45) is 0 Å². The van der Waals surface area contributed by atoms with E-state index in [0.29, 0.717) is 41.5 Å². The molecule has 0 aromatic heterocycles. The van der Waals surface area contributed by atoms with Gasteiger partial charge in [-0.05, 0) is 25.0 Å². The third-order valence-electron chi connectivity index (χ3n) is 5.40. The van der Waals surface area contributed by atoms with E-state index in [1.54, 1.807) is 23.1 Å². The maximum absolute atomic E-state index is 12.8. The van der Waals surface area contributed by atoms with E-state index in [1.807, 2.05) is 24.3 Å². The molecule has 6 nitrogen and oxygen atoms in total. The van der Waals surface area contributed by atoms with E-state index in [1.165, 1.54) is 0 Å². The fraction of sp³-hybridized carbons (Fsp3) is 0.429. The summed E-state index contributed by atoms with van der Waals surface area (Å²) in [7, 11) is 0. The minimum absolute atomic E-state index is 0.0172. The van der Waals surface area contributed by atoms with Crippen LogP contribution in [0.1, 0.15) is 23.2 Å². The molecule has 8 heteroatoms. The van der Waals surface area contributed by atoms with E-state index in [9.17, 15) is 9.59 Å². The van der Waals surface area contributed by atoms with Crippen molar-refractivity contribution < 1.29 is 19.1 Å². The van der Waals surface area contributed by atoms with Crippen LogP contribution < -0.4 is 5.32 Å². The van der Waals surface area contributed by atoms with E-state index in [0.717, 1.165) is 0 Å². The Morgan fingerprint density at radius 3 is 2.38 bits per heavy atom. The van der Waals surface area contributed by atoms with Gasteiger partial charge in [0.15, 0.2) is 6.10 Å². The van der Waals surface area contributed by atoms with Crippen LogP contribution in [0.25, 0.3) is 0 Å². The number of fused-ring (bicyclic) bond motifs is 1. The number of ether oxygens (including phenoxy) is 2. The zero-order chi connectivity index (χ0) is 20.4. The molecule has 1 aliphatic carbocycles. The summed E-state index contributed by atoms with van der Waals surface area (Å²) in [5, 5.41) is 3.72. The van der Waals surface area contributed by atoms with Gasteiger partial charge in [0.2, 0.25) is 0 Å². The summed E-state index contributed by atoms with van der Waals surface area (Å²) in [4.78, 5) is 27.1. The van der Waals surface area contributed by atoms with Crippen molar-refractivity contribution in [2.45, 2.75) is 37.2 Å². The molecule has 4 rings (SSSR count). The minimum atomic E-state index is -0.631. The summed E-state index contributed by atoms with van der Waals surface area (Å²) in [6.07, 6.45) is 7.95. The average molecular weight is 437 g/mol. The van der Waals surface area contributed by atoms with Gasteiger partial charge in [0.05, 0.1) is 22.2 Å². The zero-order valence-electron chi connectivity index (χ0n) is 15.7. The Morgan fingerprint density at radius 1 is 1.03 bits per heavy atom. The third kappa shape index (κ3) is 4.51. The van der Waals surface area contributed by atoms with E-state index >= 15 is 0 Å². The highest BCUT2D eigenvalue weighted by atomic mass is 35.5. The van der Waals surface area contributed by atoms with Crippen molar-refractivity contribution in [3.63, 3.8) is 0 Å². The molecule has 2 heterocycles. The Hall–Kier alpha value is -1.86. The van der Waals surface area contributed by atoms with E-state index in [4.69, 9.17) is 32.7 Å². The molecule has 1 aromatic rings. The Kier molecular flexibility index (Phi) is 6.25. The zero-order valence-corrected chi connectivity index (χ0v) is 17.2. The topological polar surface area (TPSA) is 67.9 Å². The molecule has 2 amide bonds. The molecular formula is C21H22Cl2N2O4. The van der Waals surface area contributed by atoms with Crippen LogP contribution >= 0.6 is 23.2 Å². The number of nitrogens with zero attached hydrogens (tertiary/aromatic N) is 1. The number of amides is 2. The highest BCUT2D eigenvalue weighted by molar-refractivity contribution is 6.39. The number of piperidine rings is 1. The summed E-state index contributed by atoms with van der Waals surface area (Å²) in [5.41, 5.74) is 0.329. The predicted octanol–water partition coefficient (Wildman–Crippen LogP) is 2.99. The smallest absolute Gasteiger partial charge is 0.256 e. The second-order valence-electron chi connectivity index (χ2n) is 7.33. The Balaban J connectivity index is 1.29. The first-order chi connectivity index (χ1) is 14.0.